The van der Waals surface area contributed by atoms with Gasteiger partial charge in [-0.05, 0) is 30.2 Å². The number of nitrogens with zero attached hydrogens (tertiary/aromatic N) is 3. The van der Waals surface area contributed by atoms with Gasteiger partial charge in [0.05, 0.1) is 23.3 Å². The summed E-state index contributed by atoms with van der Waals surface area (Å²) in [5.74, 6) is 1.04. The molecule has 7 nitrogen and oxygen atoms in total. The van der Waals surface area contributed by atoms with Crippen molar-refractivity contribution in [1.29, 1.82) is 0 Å². The van der Waals surface area contributed by atoms with Crippen molar-refractivity contribution in [2.24, 2.45) is 13.0 Å². The first-order valence-corrected chi connectivity index (χ1v) is 10.6. The highest BCUT2D eigenvalue weighted by molar-refractivity contribution is 5.92. The highest BCUT2D eigenvalue weighted by Gasteiger charge is 2.42. The number of benzene rings is 2. The van der Waals surface area contributed by atoms with E-state index in [4.69, 9.17) is 4.98 Å². The fourth-order valence-corrected chi connectivity index (χ4v) is 5.00. The number of fused-ring (bicyclic) bond motifs is 2. The van der Waals surface area contributed by atoms with Gasteiger partial charge in [0.25, 0.3) is 0 Å². The van der Waals surface area contributed by atoms with E-state index in [0.29, 0.717) is 12.0 Å². The van der Waals surface area contributed by atoms with Crippen LogP contribution in [0.15, 0.2) is 54.9 Å². The number of nitrogens with one attached hydrogen (secondary N) is 4. The highest BCUT2D eigenvalue weighted by Crippen LogP contribution is 2.38. The number of hydrogen-bond donors (Lipinski definition) is 4. The first-order chi connectivity index (χ1) is 15.2. The zero-order valence-corrected chi connectivity index (χ0v) is 17.1. The monoisotopic (exact) mass is 417 g/mol. The summed E-state index contributed by atoms with van der Waals surface area (Å²) in [7, 11) is 1.95. The molecule has 6 rings (SSSR count). The van der Waals surface area contributed by atoms with Crippen LogP contribution in [0.1, 0.15) is 29.9 Å². The van der Waals surface area contributed by atoms with Gasteiger partial charge in [-0.3, -0.25) is 10.1 Å². The Morgan fingerprint density at radius 1 is 1.13 bits per heavy atom. The molecular formula is C23H24FN7. The second kappa shape index (κ2) is 7.26. The van der Waals surface area contributed by atoms with E-state index < -0.39 is 0 Å². The van der Waals surface area contributed by atoms with E-state index in [1.54, 1.807) is 12.1 Å². The largest absolute Gasteiger partial charge is 0.341 e. The van der Waals surface area contributed by atoms with Gasteiger partial charge in [-0.25, -0.2) is 14.8 Å². The maximum atomic E-state index is 13.8. The number of hydrazine groups is 1. The predicted molar refractivity (Wildman–Crippen MR) is 116 cm³/mol. The highest BCUT2D eigenvalue weighted by atomic mass is 19.1. The molecule has 4 heterocycles. The number of para-hydroxylation sites is 1. The van der Waals surface area contributed by atoms with Crippen molar-refractivity contribution in [2.75, 3.05) is 6.54 Å². The maximum absolute atomic E-state index is 13.8. The molecule has 0 bridgehead atoms. The molecule has 4 aromatic rings. The van der Waals surface area contributed by atoms with Gasteiger partial charge in [0.1, 0.15) is 11.6 Å². The molecule has 158 valence electrons. The lowest BCUT2D eigenvalue weighted by Gasteiger charge is -2.33. The van der Waals surface area contributed by atoms with Crippen molar-refractivity contribution in [1.82, 2.24) is 35.9 Å². The fourth-order valence-electron chi connectivity index (χ4n) is 5.00. The number of rotatable bonds is 3. The summed E-state index contributed by atoms with van der Waals surface area (Å²) in [5.41, 5.74) is 11.7. The number of H-pyrrole nitrogens is 1. The maximum Gasteiger partial charge on any atom is 0.126 e. The Labute approximate surface area is 179 Å². The minimum atomic E-state index is -0.245. The van der Waals surface area contributed by atoms with Crippen LogP contribution >= 0.6 is 0 Å². The summed E-state index contributed by atoms with van der Waals surface area (Å²) >= 11 is 0. The summed E-state index contributed by atoms with van der Waals surface area (Å²) in [6.07, 6.45) is 5.00. The first kappa shape index (κ1) is 18.7. The Bertz CT molecular complexity index is 1250. The average Bonchev–Trinajstić information content (AvgIpc) is 3.50. The lowest BCUT2D eigenvalue weighted by atomic mass is 9.83. The number of aryl methyl sites for hydroxylation is 1. The molecule has 2 fully saturated rings. The Hall–Kier alpha value is -3.07. The molecular weight excluding hydrogens is 393 g/mol. The van der Waals surface area contributed by atoms with Gasteiger partial charge in [-0.15, -0.1) is 0 Å². The van der Waals surface area contributed by atoms with Crippen molar-refractivity contribution in [2.45, 2.75) is 24.5 Å². The first-order valence-electron chi connectivity index (χ1n) is 10.6. The second-order valence-electron chi connectivity index (χ2n) is 8.51. The average molecular weight is 417 g/mol. The topological polar surface area (TPSA) is 82.6 Å². The lowest BCUT2D eigenvalue weighted by Crippen LogP contribution is -2.46. The lowest BCUT2D eigenvalue weighted by molar-refractivity contribution is 0.264. The summed E-state index contributed by atoms with van der Waals surface area (Å²) in [5, 5.41) is 7.96. The molecule has 2 aromatic carbocycles. The smallest absolute Gasteiger partial charge is 0.126 e. The summed E-state index contributed by atoms with van der Waals surface area (Å²) in [6.45, 7) is 0.877. The minimum Gasteiger partial charge on any atom is -0.341 e. The van der Waals surface area contributed by atoms with Crippen LogP contribution in [-0.4, -0.2) is 32.3 Å². The molecule has 2 aliphatic rings. The van der Waals surface area contributed by atoms with Crippen LogP contribution in [0.4, 0.5) is 4.39 Å². The molecule has 31 heavy (non-hydrogen) atoms. The third-order valence-electron chi connectivity index (χ3n) is 6.55. The molecule has 0 spiro atoms. The van der Waals surface area contributed by atoms with Gasteiger partial charge in [0.2, 0.25) is 0 Å². The number of aromatic nitrogens is 4. The SMILES string of the molecule is Cn1cc(C2CC3C(CN2)NNC3c2nc3c(-c4cccc(F)c4)cccc3[nH]2)cn1. The van der Waals surface area contributed by atoms with Gasteiger partial charge in [-0.1, -0.05) is 24.3 Å². The predicted octanol–water partition coefficient (Wildman–Crippen LogP) is 2.97. The van der Waals surface area contributed by atoms with Gasteiger partial charge in [0.15, 0.2) is 0 Å². The number of piperidine rings is 1. The minimum absolute atomic E-state index is 0.0685. The second-order valence-corrected chi connectivity index (χ2v) is 8.51. The van der Waals surface area contributed by atoms with Crippen molar-refractivity contribution < 1.29 is 4.39 Å². The van der Waals surface area contributed by atoms with Crippen molar-refractivity contribution in [3.63, 3.8) is 0 Å². The normalized spacial score (nSPS) is 25.7. The number of aromatic amines is 1. The van der Waals surface area contributed by atoms with E-state index >= 15 is 0 Å². The van der Waals surface area contributed by atoms with Gasteiger partial charge < -0.3 is 10.3 Å². The molecule has 4 atom stereocenters. The molecule has 2 aromatic heterocycles. The Morgan fingerprint density at radius 2 is 2.03 bits per heavy atom. The van der Waals surface area contributed by atoms with Crippen LogP contribution in [0, 0.1) is 11.7 Å². The molecule has 2 saturated heterocycles. The Kier molecular flexibility index (Phi) is 4.38. The van der Waals surface area contributed by atoms with Crippen LogP contribution in [0.5, 0.6) is 0 Å². The van der Waals surface area contributed by atoms with Crippen LogP contribution in [0.3, 0.4) is 0 Å². The van der Waals surface area contributed by atoms with E-state index in [9.17, 15) is 4.39 Å². The van der Waals surface area contributed by atoms with E-state index in [1.165, 1.54) is 11.6 Å². The summed E-state index contributed by atoms with van der Waals surface area (Å²) in [6, 6.07) is 13.3. The zero-order chi connectivity index (χ0) is 20.9. The van der Waals surface area contributed by atoms with Crippen molar-refractivity contribution >= 4 is 11.0 Å². The van der Waals surface area contributed by atoms with Gasteiger partial charge in [0, 0.05) is 48.9 Å². The zero-order valence-electron chi connectivity index (χ0n) is 17.1. The number of imidazole rings is 1. The van der Waals surface area contributed by atoms with Crippen LogP contribution in [0.25, 0.3) is 22.2 Å². The third kappa shape index (κ3) is 3.23. The summed E-state index contributed by atoms with van der Waals surface area (Å²) < 4.78 is 15.7. The van der Waals surface area contributed by atoms with Crippen LogP contribution < -0.4 is 16.2 Å². The van der Waals surface area contributed by atoms with E-state index in [2.05, 4.69) is 32.4 Å². The molecule has 8 heteroatoms. The molecule has 4 unspecified atom stereocenters. The Balaban J connectivity index is 1.34. The Morgan fingerprint density at radius 3 is 2.87 bits per heavy atom. The van der Waals surface area contributed by atoms with Crippen LogP contribution in [-0.2, 0) is 7.05 Å². The van der Waals surface area contributed by atoms with Crippen molar-refractivity contribution in [3.05, 3.63) is 72.1 Å². The van der Waals surface area contributed by atoms with E-state index in [0.717, 1.165) is 41.0 Å². The van der Waals surface area contributed by atoms with Gasteiger partial charge >= 0.3 is 0 Å². The third-order valence-corrected chi connectivity index (χ3v) is 6.55. The van der Waals surface area contributed by atoms with E-state index in [1.807, 2.05) is 42.2 Å². The van der Waals surface area contributed by atoms with Crippen LogP contribution in [0.2, 0.25) is 0 Å². The molecule has 0 radical (unpaired) electrons. The van der Waals surface area contributed by atoms with Crippen molar-refractivity contribution in [3.8, 4) is 11.1 Å². The molecule has 0 saturated carbocycles. The fraction of sp³-hybridized carbons (Fsp3) is 0.304. The van der Waals surface area contributed by atoms with Gasteiger partial charge in [-0.2, -0.15) is 5.10 Å². The number of hydrogen-bond acceptors (Lipinski definition) is 5. The standard InChI is InChI=1S/C23H24FN7/c1-31-12-14(10-26-31)19-9-17-20(11-25-19)29-30-22(17)23-27-18-7-3-6-16(21(18)28-23)13-4-2-5-15(24)8-13/h2-8,10,12,17,19-20,22,25,29-30H,9,11H2,1H3,(H,27,28). The molecule has 0 aliphatic carbocycles. The quantitative estimate of drug-likeness (QED) is 0.412. The molecule has 0 amide bonds. The van der Waals surface area contributed by atoms with E-state index in [-0.39, 0.29) is 17.9 Å². The number of halogens is 1. The summed E-state index contributed by atoms with van der Waals surface area (Å²) in [4.78, 5) is 8.49. The molecule has 2 aliphatic heterocycles. The molecule has 4 N–H and O–H groups in total.